The smallest absolute Gasteiger partial charge is 0.471 e. The van der Waals surface area contributed by atoms with Gasteiger partial charge in [-0.05, 0) is 56.4 Å². The molecule has 0 saturated heterocycles. The maximum Gasteiger partial charge on any atom is 0.471 e. The van der Waals surface area contributed by atoms with E-state index in [1.165, 1.54) is 0 Å². The first-order valence-electron chi connectivity index (χ1n) is 6.71. The number of carbonyl (C=O) groups is 1. The van der Waals surface area contributed by atoms with Gasteiger partial charge in [-0.15, -0.1) is 0 Å². The van der Waals surface area contributed by atoms with E-state index < -0.39 is 12.1 Å². The number of ether oxygens (including phenoxy) is 1. The van der Waals surface area contributed by atoms with Crippen LogP contribution in [-0.4, -0.2) is 17.7 Å². The maximum atomic E-state index is 12.3. The van der Waals surface area contributed by atoms with Gasteiger partial charge in [0, 0.05) is 5.69 Å². The highest BCUT2D eigenvalue weighted by Crippen LogP contribution is 2.42. The van der Waals surface area contributed by atoms with E-state index in [9.17, 15) is 18.0 Å². The lowest BCUT2D eigenvalue weighted by Crippen LogP contribution is -2.34. The number of carbonyl (C=O) groups excluding carboxylic acids is 1. The maximum absolute atomic E-state index is 12.3. The first-order valence-corrected chi connectivity index (χ1v) is 6.71. The third kappa shape index (κ3) is 3.31. The molecule has 0 bridgehead atoms. The van der Waals surface area contributed by atoms with Crippen molar-refractivity contribution in [3.05, 3.63) is 23.3 Å². The zero-order valence-electron chi connectivity index (χ0n) is 12.4. The number of alkyl halides is 3. The van der Waals surface area contributed by atoms with E-state index in [0.717, 1.165) is 12.0 Å². The number of halogens is 3. The minimum Gasteiger partial charge on any atom is -0.488 e. The molecule has 3 nitrogen and oxygen atoms in total. The Morgan fingerprint density at radius 1 is 1.38 bits per heavy atom. The summed E-state index contributed by atoms with van der Waals surface area (Å²) in [5, 5.41) is 1.92. The number of nitrogens with one attached hydrogen (secondary N) is 1. The van der Waals surface area contributed by atoms with Crippen LogP contribution in [0, 0.1) is 6.92 Å². The summed E-state index contributed by atoms with van der Waals surface area (Å²) in [4.78, 5) is 11.1. The summed E-state index contributed by atoms with van der Waals surface area (Å²) in [5.41, 5.74) is 1.22. The average molecular weight is 301 g/mol. The van der Waals surface area contributed by atoms with Crippen molar-refractivity contribution in [2.75, 3.05) is 5.32 Å². The second-order valence-electron chi connectivity index (χ2n) is 6.12. The van der Waals surface area contributed by atoms with Gasteiger partial charge in [0.1, 0.15) is 11.4 Å². The van der Waals surface area contributed by atoms with E-state index in [1.807, 2.05) is 26.1 Å². The zero-order valence-corrected chi connectivity index (χ0v) is 12.4. The first kappa shape index (κ1) is 15.7. The molecule has 1 atom stereocenters. The molecule has 0 fully saturated rings. The van der Waals surface area contributed by atoms with Gasteiger partial charge >= 0.3 is 12.1 Å². The second kappa shape index (κ2) is 4.93. The van der Waals surface area contributed by atoms with Crippen molar-refractivity contribution in [1.29, 1.82) is 0 Å². The van der Waals surface area contributed by atoms with Crippen LogP contribution in [0.15, 0.2) is 12.1 Å². The van der Waals surface area contributed by atoms with Gasteiger partial charge in [0.15, 0.2) is 0 Å². The molecule has 0 aromatic heterocycles. The summed E-state index contributed by atoms with van der Waals surface area (Å²) in [6, 6.07) is 3.26. The van der Waals surface area contributed by atoms with Crippen LogP contribution in [0.1, 0.15) is 44.2 Å². The Morgan fingerprint density at radius 2 is 2.00 bits per heavy atom. The van der Waals surface area contributed by atoms with E-state index >= 15 is 0 Å². The molecule has 0 aliphatic carbocycles. The van der Waals surface area contributed by atoms with Crippen molar-refractivity contribution >= 4 is 11.6 Å². The highest BCUT2D eigenvalue weighted by Gasteiger charge is 2.39. The second-order valence-corrected chi connectivity index (χ2v) is 6.12. The molecule has 1 aromatic carbocycles. The molecule has 1 amide bonds. The van der Waals surface area contributed by atoms with Crippen LogP contribution in [-0.2, 0) is 4.79 Å². The van der Waals surface area contributed by atoms with E-state index in [2.05, 4.69) is 0 Å². The third-order valence-corrected chi connectivity index (χ3v) is 3.58. The standard InChI is InChI=1S/C15H18F3NO2/c1-8-5-12-10(9(2)7-14(3,4)21-12)6-11(8)19-13(20)15(16,17)18/h5-6,9H,7H2,1-4H3,(H,19,20). The Morgan fingerprint density at radius 3 is 2.57 bits per heavy atom. The van der Waals surface area contributed by atoms with Crippen molar-refractivity contribution in [3.8, 4) is 5.75 Å². The number of benzene rings is 1. The van der Waals surface area contributed by atoms with Gasteiger partial charge in [0.05, 0.1) is 0 Å². The molecule has 116 valence electrons. The minimum atomic E-state index is -4.90. The van der Waals surface area contributed by atoms with Gasteiger partial charge in [-0.25, -0.2) is 0 Å². The Kier molecular flexibility index (Phi) is 3.68. The Balaban J connectivity index is 2.36. The summed E-state index contributed by atoms with van der Waals surface area (Å²) in [5.74, 6) is -1.15. The Hall–Kier alpha value is -1.72. The highest BCUT2D eigenvalue weighted by atomic mass is 19.4. The van der Waals surface area contributed by atoms with E-state index in [4.69, 9.17) is 4.74 Å². The summed E-state index contributed by atoms with van der Waals surface area (Å²) >= 11 is 0. The van der Waals surface area contributed by atoms with Crippen LogP contribution in [0.3, 0.4) is 0 Å². The van der Waals surface area contributed by atoms with Crippen molar-refractivity contribution < 1.29 is 22.7 Å². The lowest BCUT2D eigenvalue weighted by molar-refractivity contribution is -0.167. The third-order valence-electron chi connectivity index (χ3n) is 3.58. The summed E-state index contributed by atoms with van der Waals surface area (Å²) in [6.45, 7) is 7.58. The van der Waals surface area contributed by atoms with Crippen LogP contribution in [0.5, 0.6) is 5.75 Å². The Bertz CT molecular complexity index is 579. The monoisotopic (exact) mass is 301 g/mol. The number of fused-ring (bicyclic) bond motifs is 1. The summed E-state index contributed by atoms with van der Waals surface area (Å²) in [7, 11) is 0. The van der Waals surface area contributed by atoms with Crippen molar-refractivity contribution in [2.24, 2.45) is 0 Å². The van der Waals surface area contributed by atoms with Crippen LogP contribution in [0.25, 0.3) is 0 Å². The van der Waals surface area contributed by atoms with E-state index in [0.29, 0.717) is 11.3 Å². The SMILES string of the molecule is Cc1cc2c(cc1NC(=O)C(F)(F)F)C(C)CC(C)(C)O2. The molecule has 21 heavy (non-hydrogen) atoms. The first-order chi connectivity index (χ1) is 9.49. The van der Waals surface area contributed by atoms with Crippen LogP contribution in [0.4, 0.5) is 18.9 Å². The normalized spacial score (nSPS) is 20.4. The fourth-order valence-corrected chi connectivity index (χ4v) is 2.69. The number of rotatable bonds is 1. The molecule has 1 aromatic rings. The highest BCUT2D eigenvalue weighted by molar-refractivity contribution is 5.95. The number of amides is 1. The molecule has 1 aliphatic heterocycles. The number of aryl methyl sites for hydroxylation is 1. The molecule has 1 aliphatic rings. The van der Waals surface area contributed by atoms with Crippen LogP contribution >= 0.6 is 0 Å². The predicted molar refractivity (Wildman–Crippen MR) is 73.6 cm³/mol. The number of anilines is 1. The Labute approximate surface area is 121 Å². The molecule has 2 rings (SSSR count). The van der Waals surface area contributed by atoms with Crippen molar-refractivity contribution in [1.82, 2.24) is 0 Å². The summed E-state index contributed by atoms with van der Waals surface area (Å²) in [6.07, 6.45) is -4.14. The largest absolute Gasteiger partial charge is 0.488 e. The fraction of sp³-hybridized carbons (Fsp3) is 0.533. The average Bonchev–Trinajstić information content (AvgIpc) is 2.28. The zero-order chi connectivity index (χ0) is 16.0. The number of hydrogen-bond acceptors (Lipinski definition) is 2. The van der Waals surface area contributed by atoms with Crippen molar-refractivity contribution in [2.45, 2.75) is 51.8 Å². The summed E-state index contributed by atoms with van der Waals surface area (Å²) < 4.78 is 42.9. The van der Waals surface area contributed by atoms with Gasteiger partial charge in [-0.3, -0.25) is 4.79 Å². The quantitative estimate of drug-likeness (QED) is 0.846. The van der Waals surface area contributed by atoms with Crippen LogP contribution in [0.2, 0.25) is 0 Å². The predicted octanol–water partition coefficient (Wildman–Crippen LogP) is 4.16. The topological polar surface area (TPSA) is 38.3 Å². The fourth-order valence-electron chi connectivity index (χ4n) is 2.69. The molecule has 0 spiro atoms. The molecule has 1 heterocycles. The lowest BCUT2D eigenvalue weighted by Gasteiger charge is -2.37. The molecular weight excluding hydrogens is 283 g/mol. The molecule has 0 saturated carbocycles. The lowest BCUT2D eigenvalue weighted by atomic mass is 9.85. The molecule has 1 N–H and O–H groups in total. The van der Waals surface area contributed by atoms with Crippen molar-refractivity contribution in [3.63, 3.8) is 0 Å². The number of hydrogen-bond donors (Lipinski definition) is 1. The molecule has 6 heteroatoms. The van der Waals surface area contributed by atoms with Gasteiger partial charge in [-0.1, -0.05) is 6.92 Å². The van der Waals surface area contributed by atoms with Gasteiger partial charge in [0.2, 0.25) is 0 Å². The van der Waals surface area contributed by atoms with Gasteiger partial charge in [-0.2, -0.15) is 13.2 Å². The molecule has 1 unspecified atom stereocenters. The van der Waals surface area contributed by atoms with Gasteiger partial charge < -0.3 is 10.1 Å². The van der Waals surface area contributed by atoms with Crippen LogP contribution < -0.4 is 10.1 Å². The molecule has 0 radical (unpaired) electrons. The minimum absolute atomic E-state index is 0.144. The van der Waals surface area contributed by atoms with E-state index in [1.54, 1.807) is 19.1 Å². The van der Waals surface area contributed by atoms with Gasteiger partial charge in [0.25, 0.3) is 0 Å². The van der Waals surface area contributed by atoms with E-state index in [-0.39, 0.29) is 17.2 Å². The molecular formula is C15H18F3NO2.